The van der Waals surface area contributed by atoms with Crippen molar-refractivity contribution in [3.8, 4) is 0 Å². The maximum atomic E-state index is 8.58. The Morgan fingerprint density at radius 3 is 1.11 bits per heavy atom. The molecule has 1 rings (SSSR count). The molecule has 54 valence electrons. The van der Waals surface area contributed by atoms with Gasteiger partial charge in [0.25, 0.3) is 0 Å². The first-order valence-corrected chi connectivity index (χ1v) is 3.57. The van der Waals surface area contributed by atoms with Gasteiger partial charge in [0.1, 0.15) is 0 Å². The maximum absolute atomic E-state index is 8.58. The third kappa shape index (κ3) is 7.47. The fourth-order valence-electron chi connectivity index (χ4n) is 1.06. The topological polar surface area (TPSA) is 43.1 Å². The number of hydrogen-bond acceptors (Lipinski definition) is 1. The SMILES string of the molecule is C1CCCCC1.NC=O. The fraction of sp³-hybridized carbons (Fsp3) is 0.857. The summed E-state index contributed by atoms with van der Waals surface area (Å²) in [6.07, 6.45) is 9.25. The van der Waals surface area contributed by atoms with Crippen molar-refractivity contribution >= 4 is 6.41 Å². The summed E-state index contributed by atoms with van der Waals surface area (Å²) < 4.78 is 0. The van der Waals surface area contributed by atoms with Crippen LogP contribution < -0.4 is 5.73 Å². The zero-order valence-electron chi connectivity index (χ0n) is 5.81. The zero-order chi connectivity index (χ0) is 6.95. The molecular weight excluding hydrogens is 114 g/mol. The lowest BCUT2D eigenvalue weighted by molar-refractivity contribution is -0.106. The lowest BCUT2D eigenvalue weighted by atomic mass is 10.0. The highest BCUT2D eigenvalue weighted by molar-refractivity contribution is 5.42. The minimum Gasteiger partial charge on any atom is -0.372 e. The average molecular weight is 129 g/mol. The van der Waals surface area contributed by atoms with Gasteiger partial charge in [-0.1, -0.05) is 38.5 Å². The Morgan fingerprint density at radius 1 is 0.889 bits per heavy atom. The van der Waals surface area contributed by atoms with Crippen molar-refractivity contribution in [3.05, 3.63) is 0 Å². The van der Waals surface area contributed by atoms with Crippen LogP contribution in [0.5, 0.6) is 0 Å². The minimum atomic E-state index is 0.250. The summed E-state index contributed by atoms with van der Waals surface area (Å²) in [7, 11) is 0. The summed E-state index contributed by atoms with van der Waals surface area (Å²) in [5.74, 6) is 0. The van der Waals surface area contributed by atoms with Gasteiger partial charge in [-0.15, -0.1) is 0 Å². The van der Waals surface area contributed by atoms with Gasteiger partial charge in [0.2, 0.25) is 6.41 Å². The van der Waals surface area contributed by atoms with E-state index in [1.54, 1.807) is 0 Å². The Morgan fingerprint density at radius 2 is 1.00 bits per heavy atom. The van der Waals surface area contributed by atoms with Gasteiger partial charge in [0, 0.05) is 0 Å². The molecule has 0 aromatic heterocycles. The molecule has 2 heteroatoms. The molecule has 2 nitrogen and oxygen atoms in total. The van der Waals surface area contributed by atoms with E-state index in [1.165, 1.54) is 38.5 Å². The molecule has 0 atom stereocenters. The summed E-state index contributed by atoms with van der Waals surface area (Å²) >= 11 is 0. The number of nitrogens with two attached hydrogens (primary N) is 1. The van der Waals surface area contributed by atoms with Crippen molar-refractivity contribution in [2.45, 2.75) is 38.5 Å². The van der Waals surface area contributed by atoms with E-state index in [-0.39, 0.29) is 6.41 Å². The predicted octanol–water partition coefficient (Wildman–Crippen LogP) is 1.44. The molecule has 0 aromatic carbocycles. The molecule has 0 aromatic rings. The normalized spacial score (nSPS) is 17.3. The molecule has 0 bridgehead atoms. The van der Waals surface area contributed by atoms with Crippen LogP contribution in [0.2, 0.25) is 0 Å². The van der Waals surface area contributed by atoms with Crippen LogP contribution in [0.25, 0.3) is 0 Å². The van der Waals surface area contributed by atoms with E-state index in [2.05, 4.69) is 5.73 Å². The maximum Gasteiger partial charge on any atom is 0.204 e. The third-order valence-corrected chi connectivity index (χ3v) is 1.50. The van der Waals surface area contributed by atoms with Gasteiger partial charge in [0.15, 0.2) is 0 Å². The van der Waals surface area contributed by atoms with Gasteiger partial charge in [0.05, 0.1) is 0 Å². The number of hydrogen-bond donors (Lipinski definition) is 1. The molecule has 2 N–H and O–H groups in total. The van der Waals surface area contributed by atoms with Crippen molar-refractivity contribution in [3.63, 3.8) is 0 Å². The molecule has 0 saturated heterocycles. The predicted molar refractivity (Wildman–Crippen MR) is 38.0 cm³/mol. The first kappa shape index (κ1) is 8.47. The molecule has 0 heterocycles. The zero-order valence-corrected chi connectivity index (χ0v) is 5.81. The lowest BCUT2D eigenvalue weighted by Crippen LogP contribution is -1.85. The van der Waals surface area contributed by atoms with Gasteiger partial charge < -0.3 is 5.73 Å². The second-order valence-electron chi connectivity index (χ2n) is 2.26. The Hall–Kier alpha value is -0.530. The van der Waals surface area contributed by atoms with Crippen LogP contribution in [-0.2, 0) is 4.79 Å². The van der Waals surface area contributed by atoms with E-state index in [1.807, 2.05) is 0 Å². The molecule has 1 amide bonds. The van der Waals surface area contributed by atoms with Crippen LogP contribution in [0, 0.1) is 0 Å². The van der Waals surface area contributed by atoms with Crippen molar-refractivity contribution in [1.82, 2.24) is 0 Å². The molecule has 9 heavy (non-hydrogen) atoms. The van der Waals surface area contributed by atoms with Crippen molar-refractivity contribution < 1.29 is 4.79 Å². The average Bonchev–Trinajstić information content (AvgIpc) is 1.93. The number of primary amides is 1. The van der Waals surface area contributed by atoms with Crippen LogP contribution in [-0.4, -0.2) is 6.41 Å². The van der Waals surface area contributed by atoms with Gasteiger partial charge in [-0.2, -0.15) is 0 Å². The van der Waals surface area contributed by atoms with E-state index in [0.29, 0.717) is 0 Å². The Kier molecular flexibility index (Phi) is 7.03. The van der Waals surface area contributed by atoms with Gasteiger partial charge in [-0.05, 0) is 0 Å². The molecule has 1 saturated carbocycles. The van der Waals surface area contributed by atoms with Crippen LogP contribution in [0.1, 0.15) is 38.5 Å². The van der Waals surface area contributed by atoms with E-state index < -0.39 is 0 Å². The van der Waals surface area contributed by atoms with Crippen molar-refractivity contribution in [2.24, 2.45) is 5.73 Å². The van der Waals surface area contributed by atoms with E-state index in [9.17, 15) is 0 Å². The Bertz CT molecular complexity index is 48.4. The second-order valence-corrected chi connectivity index (χ2v) is 2.26. The van der Waals surface area contributed by atoms with Gasteiger partial charge >= 0.3 is 0 Å². The summed E-state index contributed by atoms with van der Waals surface area (Å²) in [5.41, 5.74) is 4.17. The van der Waals surface area contributed by atoms with Crippen molar-refractivity contribution in [1.29, 1.82) is 0 Å². The molecular formula is C7H15NO. The summed E-state index contributed by atoms with van der Waals surface area (Å²) in [6.45, 7) is 0. The highest BCUT2D eigenvalue weighted by Gasteiger charge is 1.95. The minimum absolute atomic E-state index is 0.250. The molecule has 1 aliphatic carbocycles. The Labute approximate surface area is 56.4 Å². The first-order chi connectivity index (χ1) is 4.41. The molecule has 0 unspecified atom stereocenters. The van der Waals surface area contributed by atoms with Gasteiger partial charge in [-0.25, -0.2) is 0 Å². The van der Waals surface area contributed by atoms with E-state index in [0.717, 1.165) is 0 Å². The third-order valence-electron chi connectivity index (χ3n) is 1.50. The quantitative estimate of drug-likeness (QED) is 0.494. The smallest absolute Gasteiger partial charge is 0.204 e. The van der Waals surface area contributed by atoms with E-state index >= 15 is 0 Å². The summed E-state index contributed by atoms with van der Waals surface area (Å²) in [5, 5.41) is 0. The fourth-order valence-corrected chi connectivity index (χ4v) is 1.06. The lowest BCUT2D eigenvalue weighted by Gasteiger charge is -2.05. The summed E-state index contributed by atoms with van der Waals surface area (Å²) in [6, 6.07) is 0. The number of carbonyl (C=O) groups excluding carboxylic acids is 1. The number of amides is 1. The highest BCUT2D eigenvalue weighted by Crippen LogP contribution is 2.15. The molecule has 1 fully saturated rings. The summed E-state index contributed by atoms with van der Waals surface area (Å²) in [4.78, 5) is 8.58. The molecule has 1 aliphatic rings. The van der Waals surface area contributed by atoms with E-state index in [4.69, 9.17) is 4.79 Å². The largest absolute Gasteiger partial charge is 0.372 e. The second kappa shape index (κ2) is 7.47. The number of rotatable bonds is 0. The standard InChI is InChI=1S/C6H12.CH3NO/c1-2-4-6-5-3-1;2-1-3/h1-6H2;1H,(H2,2,3). The Balaban J connectivity index is 0.000000187. The van der Waals surface area contributed by atoms with Crippen LogP contribution in [0.4, 0.5) is 0 Å². The van der Waals surface area contributed by atoms with Gasteiger partial charge in [-0.3, -0.25) is 4.79 Å². The molecule has 0 spiro atoms. The highest BCUT2D eigenvalue weighted by atomic mass is 16.1. The molecule has 0 radical (unpaired) electrons. The monoisotopic (exact) mass is 129 g/mol. The molecule has 0 aliphatic heterocycles. The van der Waals surface area contributed by atoms with Crippen molar-refractivity contribution in [2.75, 3.05) is 0 Å². The van der Waals surface area contributed by atoms with Crippen LogP contribution in [0.3, 0.4) is 0 Å². The number of carbonyl (C=O) groups is 1. The first-order valence-electron chi connectivity index (χ1n) is 3.57. The van der Waals surface area contributed by atoms with Crippen LogP contribution >= 0.6 is 0 Å². The van der Waals surface area contributed by atoms with Crippen LogP contribution in [0.15, 0.2) is 0 Å².